The molecule has 2 rings (SSSR count). The molecule has 1 amide bonds. The molecule has 0 radical (unpaired) electrons. The number of rotatable bonds is 1. The largest absolute Gasteiger partial charge is 0.508 e. The number of phenolic OH excluding ortho intramolecular Hbond substituents is 1. The summed E-state index contributed by atoms with van der Waals surface area (Å²) in [6.45, 7) is 14.6. The highest BCUT2D eigenvalue weighted by molar-refractivity contribution is 5.83. The molecule has 0 saturated carbocycles. The molecule has 0 spiro atoms. The van der Waals surface area contributed by atoms with Crippen molar-refractivity contribution in [2.75, 3.05) is 6.54 Å². The molecule has 1 aliphatic rings. The Bertz CT molecular complexity index is 677. The van der Waals surface area contributed by atoms with Crippen LogP contribution in [0.5, 0.6) is 5.75 Å². The Labute approximate surface area is 151 Å². The number of phenols is 1. The summed E-state index contributed by atoms with van der Waals surface area (Å²) >= 11 is 0. The van der Waals surface area contributed by atoms with Crippen molar-refractivity contribution in [3.05, 3.63) is 35.4 Å². The Morgan fingerprint density at radius 3 is 2.40 bits per heavy atom. The number of allylic oxidation sites excluding steroid dienone is 1. The number of hydrogen-bond donors (Lipinski definition) is 1. The van der Waals surface area contributed by atoms with E-state index in [4.69, 9.17) is 4.74 Å². The summed E-state index contributed by atoms with van der Waals surface area (Å²) in [5, 5.41) is 10.2. The quantitative estimate of drug-likeness (QED) is 0.750. The number of amides is 1. The molecule has 1 aromatic rings. The minimum Gasteiger partial charge on any atom is -0.508 e. The summed E-state index contributed by atoms with van der Waals surface area (Å²) in [7, 11) is 0. The molecule has 0 fully saturated rings. The van der Waals surface area contributed by atoms with Crippen LogP contribution in [0.25, 0.3) is 5.70 Å². The van der Waals surface area contributed by atoms with Crippen molar-refractivity contribution in [2.45, 2.75) is 65.9 Å². The predicted octanol–water partition coefficient (Wildman–Crippen LogP) is 5.31. The van der Waals surface area contributed by atoms with E-state index in [-0.39, 0.29) is 17.3 Å². The van der Waals surface area contributed by atoms with Crippen molar-refractivity contribution in [3.63, 3.8) is 0 Å². The monoisotopic (exact) mass is 345 g/mol. The fourth-order valence-electron chi connectivity index (χ4n) is 2.97. The Hall–Kier alpha value is -1.97. The van der Waals surface area contributed by atoms with Crippen molar-refractivity contribution < 1.29 is 14.6 Å². The van der Waals surface area contributed by atoms with E-state index >= 15 is 0 Å². The van der Waals surface area contributed by atoms with E-state index in [1.165, 1.54) is 0 Å². The van der Waals surface area contributed by atoms with Gasteiger partial charge in [-0.15, -0.1) is 0 Å². The highest BCUT2D eigenvalue weighted by atomic mass is 16.6. The van der Waals surface area contributed by atoms with Gasteiger partial charge in [0, 0.05) is 6.54 Å². The smallest absolute Gasteiger partial charge is 0.414 e. The molecular weight excluding hydrogens is 314 g/mol. The van der Waals surface area contributed by atoms with Crippen LogP contribution in [0.2, 0.25) is 0 Å². The number of benzene rings is 1. The normalized spacial score (nSPS) is 18.8. The van der Waals surface area contributed by atoms with E-state index in [0.29, 0.717) is 12.5 Å². The van der Waals surface area contributed by atoms with Crippen LogP contribution in [0.4, 0.5) is 4.79 Å². The van der Waals surface area contributed by atoms with Gasteiger partial charge in [-0.05, 0) is 67.9 Å². The Kier molecular flexibility index (Phi) is 5.22. The van der Waals surface area contributed by atoms with Crippen molar-refractivity contribution in [1.82, 2.24) is 4.90 Å². The number of nitrogens with zero attached hydrogens (tertiary/aromatic N) is 1. The van der Waals surface area contributed by atoms with Gasteiger partial charge in [0.15, 0.2) is 0 Å². The third-order valence-corrected chi connectivity index (χ3v) is 4.21. The Morgan fingerprint density at radius 1 is 1.20 bits per heavy atom. The highest BCUT2D eigenvalue weighted by Crippen LogP contribution is 2.35. The lowest BCUT2D eigenvalue weighted by Gasteiger charge is -2.34. The zero-order chi connectivity index (χ0) is 19.0. The SMILES string of the molecule is CC1CC=C(c2ccc(O)c(C(C)(C)C)c2)N(C(=O)OC(C)(C)C)C1. The van der Waals surface area contributed by atoms with Gasteiger partial charge in [0.2, 0.25) is 0 Å². The van der Waals surface area contributed by atoms with Crippen LogP contribution >= 0.6 is 0 Å². The number of ether oxygens (including phenoxy) is 1. The summed E-state index contributed by atoms with van der Waals surface area (Å²) in [6, 6.07) is 5.56. The maximum Gasteiger partial charge on any atom is 0.414 e. The number of hydrogen-bond acceptors (Lipinski definition) is 3. The van der Waals surface area contributed by atoms with E-state index < -0.39 is 5.60 Å². The van der Waals surface area contributed by atoms with Crippen LogP contribution in [0, 0.1) is 5.92 Å². The third-order valence-electron chi connectivity index (χ3n) is 4.21. The fourth-order valence-corrected chi connectivity index (χ4v) is 2.97. The standard InChI is InChI=1S/C21H31NO3/c1-14-8-10-17(22(13-14)19(24)25-21(5,6)7)15-9-11-18(23)16(12-15)20(2,3)4/h9-12,14,23H,8,13H2,1-7H3. The van der Waals surface area contributed by atoms with E-state index in [1.807, 2.05) is 32.9 Å². The second-order valence-electron chi connectivity index (χ2n) is 9.00. The van der Waals surface area contributed by atoms with Crippen LogP contribution in [0.1, 0.15) is 66.0 Å². The van der Waals surface area contributed by atoms with E-state index in [9.17, 15) is 9.90 Å². The molecule has 138 valence electrons. The number of carbonyl (C=O) groups excluding carboxylic acids is 1. The fraction of sp³-hybridized carbons (Fsp3) is 0.571. The average molecular weight is 345 g/mol. The second-order valence-corrected chi connectivity index (χ2v) is 9.00. The van der Waals surface area contributed by atoms with E-state index in [0.717, 1.165) is 23.2 Å². The first-order chi connectivity index (χ1) is 11.4. The van der Waals surface area contributed by atoms with Gasteiger partial charge in [0.05, 0.1) is 5.70 Å². The van der Waals surface area contributed by atoms with E-state index in [2.05, 4.69) is 33.8 Å². The van der Waals surface area contributed by atoms with Crippen LogP contribution in [-0.2, 0) is 10.2 Å². The van der Waals surface area contributed by atoms with Crippen molar-refractivity contribution >= 4 is 11.8 Å². The van der Waals surface area contributed by atoms with Gasteiger partial charge in [-0.2, -0.15) is 0 Å². The van der Waals surface area contributed by atoms with Gasteiger partial charge in [0.25, 0.3) is 0 Å². The third kappa shape index (κ3) is 4.77. The zero-order valence-electron chi connectivity index (χ0n) is 16.5. The maximum absolute atomic E-state index is 12.7. The molecular formula is C21H31NO3. The summed E-state index contributed by atoms with van der Waals surface area (Å²) in [5.41, 5.74) is 1.94. The first kappa shape index (κ1) is 19.4. The highest BCUT2D eigenvalue weighted by Gasteiger charge is 2.30. The lowest BCUT2D eigenvalue weighted by atomic mass is 9.84. The molecule has 4 nitrogen and oxygen atoms in total. The van der Waals surface area contributed by atoms with Gasteiger partial charge >= 0.3 is 6.09 Å². The number of aromatic hydroxyl groups is 1. The average Bonchev–Trinajstić information content (AvgIpc) is 2.45. The molecule has 0 bridgehead atoms. The van der Waals surface area contributed by atoms with Crippen molar-refractivity contribution in [1.29, 1.82) is 0 Å². The van der Waals surface area contributed by atoms with Gasteiger partial charge in [-0.1, -0.05) is 33.8 Å². The van der Waals surface area contributed by atoms with Gasteiger partial charge in [-0.3, -0.25) is 4.90 Å². The van der Waals surface area contributed by atoms with Crippen molar-refractivity contribution in [2.24, 2.45) is 5.92 Å². The molecule has 4 heteroatoms. The molecule has 1 unspecified atom stereocenters. The minimum absolute atomic E-state index is 0.181. The molecule has 1 aromatic carbocycles. The minimum atomic E-state index is -0.533. The first-order valence-electron chi connectivity index (χ1n) is 8.93. The topological polar surface area (TPSA) is 49.8 Å². The maximum atomic E-state index is 12.7. The first-order valence-corrected chi connectivity index (χ1v) is 8.93. The second kappa shape index (κ2) is 6.74. The van der Waals surface area contributed by atoms with Crippen molar-refractivity contribution in [3.8, 4) is 5.75 Å². The van der Waals surface area contributed by atoms with Crippen LogP contribution in [0.15, 0.2) is 24.3 Å². The van der Waals surface area contributed by atoms with Crippen LogP contribution in [0.3, 0.4) is 0 Å². The molecule has 0 aliphatic carbocycles. The predicted molar refractivity (Wildman–Crippen MR) is 102 cm³/mol. The summed E-state index contributed by atoms with van der Waals surface area (Å²) < 4.78 is 5.60. The lowest BCUT2D eigenvalue weighted by molar-refractivity contribution is 0.0327. The summed E-state index contributed by atoms with van der Waals surface area (Å²) in [6.07, 6.45) is 2.69. The van der Waals surface area contributed by atoms with Gasteiger partial charge in [-0.25, -0.2) is 4.79 Å². The molecule has 1 N–H and O–H groups in total. The molecule has 1 heterocycles. The molecule has 0 aromatic heterocycles. The zero-order valence-corrected chi connectivity index (χ0v) is 16.5. The molecule has 25 heavy (non-hydrogen) atoms. The Morgan fingerprint density at radius 2 is 1.84 bits per heavy atom. The Balaban J connectivity index is 2.43. The van der Waals surface area contributed by atoms with E-state index in [1.54, 1.807) is 11.0 Å². The summed E-state index contributed by atoms with van der Waals surface area (Å²) in [5.74, 6) is 0.667. The molecule has 0 saturated heterocycles. The molecule has 1 atom stereocenters. The van der Waals surface area contributed by atoms with Crippen LogP contribution < -0.4 is 0 Å². The number of carbonyl (C=O) groups is 1. The summed E-state index contributed by atoms with van der Waals surface area (Å²) in [4.78, 5) is 14.4. The van der Waals surface area contributed by atoms with Crippen LogP contribution in [-0.4, -0.2) is 28.2 Å². The molecule has 1 aliphatic heterocycles. The van der Waals surface area contributed by atoms with Gasteiger partial charge in [0.1, 0.15) is 11.4 Å². The lowest BCUT2D eigenvalue weighted by Crippen LogP contribution is -2.39. The van der Waals surface area contributed by atoms with Gasteiger partial charge < -0.3 is 9.84 Å².